The van der Waals surface area contributed by atoms with Crippen LogP contribution in [0.3, 0.4) is 0 Å². The van der Waals surface area contributed by atoms with Crippen molar-refractivity contribution in [2.75, 3.05) is 19.0 Å². The van der Waals surface area contributed by atoms with Gasteiger partial charge in [-0.05, 0) is 24.6 Å². The lowest BCUT2D eigenvalue weighted by atomic mass is 10.2. The predicted molar refractivity (Wildman–Crippen MR) is 81.8 cm³/mol. The molecular formula is C15H14N2O3S. The smallest absolute Gasteiger partial charge is 0.265 e. The normalized spacial score (nSPS) is 9.67. The summed E-state index contributed by atoms with van der Waals surface area (Å²) in [4.78, 5) is 17.5. The SMILES string of the molecule is COc1ccc(NC(=O)c2cc(C)c(C#CCO)s2)cn1. The molecule has 0 saturated carbocycles. The number of nitrogens with one attached hydrogen (secondary N) is 1. The van der Waals surface area contributed by atoms with Crippen LogP contribution in [0.5, 0.6) is 5.88 Å². The Kier molecular flexibility index (Phi) is 4.93. The van der Waals surface area contributed by atoms with E-state index in [0.29, 0.717) is 16.4 Å². The number of hydrogen-bond acceptors (Lipinski definition) is 5. The molecular weight excluding hydrogens is 288 g/mol. The highest BCUT2D eigenvalue weighted by molar-refractivity contribution is 7.14. The van der Waals surface area contributed by atoms with Crippen molar-refractivity contribution >= 4 is 22.9 Å². The Morgan fingerprint density at radius 2 is 2.33 bits per heavy atom. The summed E-state index contributed by atoms with van der Waals surface area (Å²) in [6, 6.07) is 5.17. The Balaban J connectivity index is 2.12. The van der Waals surface area contributed by atoms with E-state index in [2.05, 4.69) is 22.1 Å². The molecule has 0 aromatic carbocycles. The molecule has 0 bridgehead atoms. The molecule has 21 heavy (non-hydrogen) atoms. The molecule has 0 unspecified atom stereocenters. The van der Waals surface area contributed by atoms with Gasteiger partial charge in [-0.1, -0.05) is 11.8 Å². The minimum atomic E-state index is -0.216. The van der Waals surface area contributed by atoms with Crippen molar-refractivity contribution in [2.24, 2.45) is 0 Å². The number of pyridine rings is 1. The average Bonchev–Trinajstić information content (AvgIpc) is 2.87. The van der Waals surface area contributed by atoms with Crippen LogP contribution >= 0.6 is 11.3 Å². The number of aliphatic hydroxyl groups excluding tert-OH is 1. The summed E-state index contributed by atoms with van der Waals surface area (Å²) in [5.74, 6) is 5.68. The molecule has 0 aliphatic heterocycles. The predicted octanol–water partition coefficient (Wildman–Crippen LogP) is 2.06. The number of rotatable bonds is 3. The third-order valence-corrected chi connectivity index (χ3v) is 3.78. The van der Waals surface area contributed by atoms with Gasteiger partial charge in [0.2, 0.25) is 5.88 Å². The zero-order valence-electron chi connectivity index (χ0n) is 11.6. The number of aliphatic hydroxyl groups is 1. The highest BCUT2D eigenvalue weighted by atomic mass is 32.1. The summed E-state index contributed by atoms with van der Waals surface area (Å²) < 4.78 is 4.96. The lowest BCUT2D eigenvalue weighted by Gasteiger charge is -2.03. The van der Waals surface area contributed by atoms with E-state index >= 15 is 0 Å². The number of thiophene rings is 1. The summed E-state index contributed by atoms with van der Waals surface area (Å²) in [7, 11) is 1.53. The molecule has 1 amide bonds. The largest absolute Gasteiger partial charge is 0.481 e. The van der Waals surface area contributed by atoms with Gasteiger partial charge in [-0.25, -0.2) is 4.98 Å². The number of hydrogen-bond donors (Lipinski definition) is 2. The van der Waals surface area contributed by atoms with Gasteiger partial charge in [0, 0.05) is 6.07 Å². The molecule has 108 valence electrons. The van der Waals surface area contributed by atoms with E-state index in [1.165, 1.54) is 24.6 Å². The summed E-state index contributed by atoms with van der Waals surface area (Å²) in [5, 5.41) is 11.5. The number of amides is 1. The van der Waals surface area contributed by atoms with Gasteiger partial charge in [0.25, 0.3) is 5.91 Å². The minimum Gasteiger partial charge on any atom is -0.481 e. The van der Waals surface area contributed by atoms with E-state index in [1.54, 1.807) is 18.2 Å². The Bertz CT molecular complexity index is 696. The Hall–Kier alpha value is -2.36. The van der Waals surface area contributed by atoms with Gasteiger partial charge >= 0.3 is 0 Å². The number of methoxy groups -OCH3 is 1. The van der Waals surface area contributed by atoms with E-state index in [-0.39, 0.29) is 12.5 Å². The molecule has 2 rings (SSSR count). The molecule has 6 heteroatoms. The first-order valence-corrected chi connectivity index (χ1v) is 6.97. The average molecular weight is 302 g/mol. The summed E-state index contributed by atoms with van der Waals surface area (Å²) >= 11 is 1.29. The van der Waals surface area contributed by atoms with E-state index < -0.39 is 0 Å². The first-order chi connectivity index (χ1) is 10.1. The van der Waals surface area contributed by atoms with Crippen LogP contribution < -0.4 is 10.1 Å². The van der Waals surface area contributed by atoms with Crippen molar-refractivity contribution < 1.29 is 14.6 Å². The number of nitrogens with zero attached hydrogens (tertiary/aromatic N) is 1. The topological polar surface area (TPSA) is 71.5 Å². The third kappa shape index (κ3) is 3.81. The van der Waals surface area contributed by atoms with E-state index in [9.17, 15) is 4.79 Å². The molecule has 0 fully saturated rings. The second-order valence-corrected chi connectivity index (χ2v) is 5.18. The highest BCUT2D eigenvalue weighted by Crippen LogP contribution is 2.22. The summed E-state index contributed by atoms with van der Waals surface area (Å²) in [6.07, 6.45) is 1.53. The second kappa shape index (κ2) is 6.88. The van der Waals surface area contributed by atoms with Crippen LogP contribution in [0.2, 0.25) is 0 Å². The fraction of sp³-hybridized carbons (Fsp3) is 0.200. The summed E-state index contributed by atoms with van der Waals surface area (Å²) in [5.41, 5.74) is 1.51. The first kappa shape index (κ1) is 15.0. The van der Waals surface area contributed by atoms with E-state index in [4.69, 9.17) is 9.84 Å². The van der Waals surface area contributed by atoms with Gasteiger partial charge in [0.05, 0.1) is 28.7 Å². The maximum Gasteiger partial charge on any atom is 0.265 e. The molecule has 0 aliphatic rings. The lowest BCUT2D eigenvalue weighted by Crippen LogP contribution is -2.10. The van der Waals surface area contributed by atoms with Crippen LogP contribution in [0.25, 0.3) is 0 Å². The zero-order chi connectivity index (χ0) is 15.2. The van der Waals surface area contributed by atoms with Crippen molar-refractivity contribution in [1.82, 2.24) is 4.98 Å². The fourth-order valence-corrected chi connectivity index (χ4v) is 2.55. The summed E-state index contributed by atoms with van der Waals surface area (Å²) in [6.45, 7) is 1.68. The number of aromatic nitrogens is 1. The van der Waals surface area contributed by atoms with Gasteiger partial charge in [0.15, 0.2) is 0 Å². The molecule has 2 heterocycles. The van der Waals surface area contributed by atoms with Gasteiger partial charge < -0.3 is 15.2 Å². The highest BCUT2D eigenvalue weighted by Gasteiger charge is 2.12. The molecule has 0 saturated heterocycles. The van der Waals surface area contributed by atoms with Crippen LogP contribution in [0, 0.1) is 18.8 Å². The Labute approximate surface area is 126 Å². The van der Waals surface area contributed by atoms with Crippen LogP contribution in [0.4, 0.5) is 5.69 Å². The number of aryl methyl sites for hydroxylation is 1. The Morgan fingerprint density at radius 1 is 1.52 bits per heavy atom. The number of carbonyl (C=O) groups excluding carboxylic acids is 1. The van der Waals surface area contributed by atoms with Gasteiger partial charge in [-0.2, -0.15) is 0 Å². The third-order valence-electron chi connectivity index (χ3n) is 2.63. The van der Waals surface area contributed by atoms with Crippen molar-refractivity contribution in [1.29, 1.82) is 0 Å². The van der Waals surface area contributed by atoms with Crippen LogP contribution in [-0.2, 0) is 0 Å². The maximum absolute atomic E-state index is 12.2. The number of anilines is 1. The Morgan fingerprint density at radius 3 is 2.95 bits per heavy atom. The zero-order valence-corrected chi connectivity index (χ0v) is 12.5. The van der Waals surface area contributed by atoms with Crippen LogP contribution in [0.1, 0.15) is 20.1 Å². The molecule has 2 aromatic heterocycles. The monoisotopic (exact) mass is 302 g/mol. The molecule has 0 spiro atoms. The van der Waals surface area contributed by atoms with Crippen molar-refractivity contribution in [3.8, 4) is 17.7 Å². The quantitative estimate of drug-likeness (QED) is 0.851. The van der Waals surface area contributed by atoms with Gasteiger partial charge in [-0.15, -0.1) is 11.3 Å². The molecule has 2 N–H and O–H groups in total. The lowest BCUT2D eigenvalue weighted by molar-refractivity contribution is 0.103. The van der Waals surface area contributed by atoms with Crippen LogP contribution in [-0.4, -0.2) is 29.7 Å². The van der Waals surface area contributed by atoms with Crippen molar-refractivity contribution in [2.45, 2.75) is 6.92 Å². The first-order valence-electron chi connectivity index (χ1n) is 6.15. The number of ether oxygens (including phenoxy) is 1. The van der Waals surface area contributed by atoms with Crippen molar-refractivity contribution in [3.05, 3.63) is 39.7 Å². The molecule has 2 aromatic rings. The molecule has 0 atom stereocenters. The molecule has 5 nitrogen and oxygen atoms in total. The molecule has 0 aliphatic carbocycles. The van der Waals surface area contributed by atoms with Gasteiger partial charge in [-0.3, -0.25) is 4.79 Å². The molecule has 0 radical (unpaired) electrons. The number of carbonyl (C=O) groups is 1. The van der Waals surface area contributed by atoms with E-state index in [1.807, 2.05) is 6.92 Å². The standard InChI is InChI=1S/C15H14N2O3S/c1-10-8-13(21-12(10)4-3-7-18)15(19)17-11-5-6-14(20-2)16-9-11/h5-6,8-9,18H,7H2,1-2H3,(H,17,19). The van der Waals surface area contributed by atoms with Crippen LogP contribution in [0.15, 0.2) is 24.4 Å². The van der Waals surface area contributed by atoms with Crippen molar-refractivity contribution in [3.63, 3.8) is 0 Å². The second-order valence-electron chi connectivity index (χ2n) is 4.13. The van der Waals surface area contributed by atoms with E-state index in [0.717, 1.165) is 10.4 Å². The minimum absolute atomic E-state index is 0.198. The van der Waals surface area contributed by atoms with Gasteiger partial charge in [0.1, 0.15) is 6.61 Å². The fourth-order valence-electron chi connectivity index (χ4n) is 1.61. The maximum atomic E-state index is 12.2.